The summed E-state index contributed by atoms with van der Waals surface area (Å²) >= 11 is 0. The molecule has 4 rings (SSSR count). The molecule has 1 aliphatic carbocycles. The van der Waals surface area contributed by atoms with E-state index in [1.807, 2.05) is 36.4 Å². The smallest absolute Gasteiger partial charge is 0.242 e. The van der Waals surface area contributed by atoms with Crippen LogP contribution in [0.25, 0.3) is 0 Å². The van der Waals surface area contributed by atoms with Gasteiger partial charge in [0.2, 0.25) is 11.9 Å². The quantitative estimate of drug-likeness (QED) is 0.898. The van der Waals surface area contributed by atoms with Crippen LogP contribution in [0, 0.1) is 0 Å². The number of carbonyl (C=O) groups is 1. The number of benzene rings is 1. The third-order valence-corrected chi connectivity index (χ3v) is 4.80. The van der Waals surface area contributed by atoms with Gasteiger partial charge in [0, 0.05) is 44.6 Å². The van der Waals surface area contributed by atoms with Gasteiger partial charge in [0.05, 0.1) is 0 Å². The van der Waals surface area contributed by atoms with Crippen LogP contribution >= 0.6 is 0 Å². The van der Waals surface area contributed by atoms with Crippen LogP contribution in [0.5, 0.6) is 0 Å². The van der Waals surface area contributed by atoms with Crippen molar-refractivity contribution in [2.75, 3.05) is 31.1 Å². The Balaban J connectivity index is 1.47. The lowest BCUT2D eigenvalue weighted by molar-refractivity contribution is -0.127. The molecule has 1 saturated carbocycles. The first-order valence-electron chi connectivity index (χ1n) is 8.92. The summed E-state index contributed by atoms with van der Waals surface area (Å²) < 4.78 is 0. The highest BCUT2D eigenvalue weighted by atomic mass is 16.2. The second kappa shape index (κ2) is 7.19. The van der Waals surface area contributed by atoms with Gasteiger partial charge in [-0.15, -0.1) is 0 Å². The Morgan fingerprint density at radius 3 is 2.32 bits per heavy atom. The summed E-state index contributed by atoms with van der Waals surface area (Å²) in [6, 6.07) is 12.1. The number of rotatable bonds is 5. The fourth-order valence-electron chi connectivity index (χ4n) is 3.31. The third kappa shape index (κ3) is 3.79. The van der Waals surface area contributed by atoms with E-state index >= 15 is 0 Å². The lowest BCUT2D eigenvalue weighted by Crippen LogP contribution is -2.51. The molecule has 2 aromatic rings. The first-order chi connectivity index (χ1) is 12.3. The molecule has 0 radical (unpaired) electrons. The second-order valence-electron chi connectivity index (χ2n) is 6.67. The van der Waals surface area contributed by atoms with Gasteiger partial charge in [-0.05, 0) is 24.5 Å². The maximum Gasteiger partial charge on any atom is 0.242 e. The van der Waals surface area contributed by atoms with Crippen molar-refractivity contribution in [1.29, 1.82) is 0 Å². The summed E-state index contributed by atoms with van der Waals surface area (Å²) in [5, 5.41) is 3.17. The van der Waals surface area contributed by atoms with Crippen molar-refractivity contribution < 1.29 is 4.79 Å². The maximum atomic E-state index is 12.9. The van der Waals surface area contributed by atoms with Crippen molar-refractivity contribution in [2.24, 2.45) is 0 Å². The molecule has 1 aromatic heterocycles. The van der Waals surface area contributed by atoms with Gasteiger partial charge < -0.3 is 10.2 Å². The van der Waals surface area contributed by atoms with E-state index in [1.54, 1.807) is 12.4 Å². The van der Waals surface area contributed by atoms with Gasteiger partial charge >= 0.3 is 0 Å². The molecule has 6 heteroatoms. The Morgan fingerprint density at radius 2 is 1.68 bits per heavy atom. The van der Waals surface area contributed by atoms with E-state index in [0.717, 1.165) is 50.5 Å². The topological polar surface area (TPSA) is 61.4 Å². The van der Waals surface area contributed by atoms with Crippen molar-refractivity contribution in [3.8, 4) is 0 Å². The molecule has 2 heterocycles. The van der Waals surface area contributed by atoms with E-state index in [1.165, 1.54) is 0 Å². The Morgan fingerprint density at radius 1 is 1.00 bits per heavy atom. The molecule has 1 saturated heterocycles. The predicted octanol–water partition coefficient (Wildman–Crippen LogP) is 1.62. The molecule has 1 aromatic carbocycles. The van der Waals surface area contributed by atoms with Gasteiger partial charge in [-0.2, -0.15) is 0 Å². The number of anilines is 1. The monoisotopic (exact) mass is 337 g/mol. The van der Waals surface area contributed by atoms with Crippen LogP contribution in [0.15, 0.2) is 48.8 Å². The van der Waals surface area contributed by atoms with E-state index in [-0.39, 0.29) is 11.9 Å². The van der Waals surface area contributed by atoms with Crippen LogP contribution in [0.3, 0.4) is 0 Å². The first kappa shape index (κ1) is 16.0. The molecule has 2 aliphatic rings. The van der Waals surface area contributed by atoms with Gasteiger partial charge in [0.1, 0.15) is 6.04 Å². The Labute approximate surface area is 147 Å². The molecule has 130 valence electrons. The maximum absolute atomic E-state index is 12.9. The zero-order chi connectivity index (χ0) is 17.1. The van der Waals surface area contributed by atoms with E-state index in [0.29, 0.717) is 6.04 Å². The molecule has 6 nitrogen and oxygen atoms in total. The standard InChI is InChI=1S/C19H23N5O/c25-18(22-16-7-8-16)17(15-5-2-1-3-6-15)23-11-13-24(14-12-23)19-20-9-4-10-21-19/h1-6,9-10,16-17H,7-8,11-14H2,(H,22,25)/t17-/m1/s1. The average Bonchev–Trinajstić information content (AvgIpc) is 3.48. The molecule has 1 N–H and O–H groups in total. The van der Waals surface area contributed by atoms with E-state index < -0.39 is 0 Å². The van der Waals surface area contributed by atoms with Crippen LogP contribution in [-0.2, 0) is 4.79 Å². The van der Waals surface area contributed by atoms with E-state index in [4.69, 9.17) is 0 Å². The van der Waals surface area contributed by atoms with Crippen LogP contribution in [0.2, 0.25) is 0 Å². The third-order valence-electron chi connectivity index (χ3n) is 4.80. The zero-order valence-electron chi connectivity index (χ0n) is 14.2. The molecule has 25 heavy (non-hydrogen) atoms. The Hall–Kier alpha value is -2.47. The van der Waals surface area contributed by atoms with Gasteiger partial charge in [-0.25, -0.2) is 9.97 Å². The van der Waals surface area contributed by atoms with Crippen molar-refractivity contribution in [2.45, 2.75) is 24.9 Å². The predicted molar refractivity (Wildman–Crippen MR) is 96.2 cm³/mol. The van der Waals surface area contributed by atoms with Gasteiger partial charge in [0.25, 0.3) is 0 Å². The van der Waals surface area contributed by atoms with Crippen molar-refractivity contribution >= 4 is 11.9 Å². The minimum absolute atomic E-state index is 0.123. The highest BCUT2D eigenvalue weighted by Gasteiger charge is 2.33. The van der Waals surface area contributed by atoms with Crippen LogP contribution in [0.1, 0.15) is 24.4 Å². The van der Waals surface area contributed by atoms with E-state index in [2.05, 4.69) is 25.1 Å². The minimum Gasteiger partial charge on any atom is -0.352 e. The fourth-order valence-corrected chi connectivity index (χ4v) is 3.31. The number of hydrogen-bond donors (Lipinski definition) is 1. The fraction of sp³-hybridized carbons (Fsp3) is 0.421. The number of carbonyl (C=O) groups excluding carboxylic acids is 1. The van der Waals surface area contributed by atoms with E-state index in [9.17, 15) is 4.79 Å². The minimum atomic E-state index is -0.222. The number of aromatic nitrogens is 2. The number of amides is 1. The summed E-state index contributed by atoms with van der Waals surface area (Å²) in [6.45, 7) is 3.28. The van der Waals surface area contributed by atoms with Gasteiger partial charge in [0.15, 0.2) is 0 Å². The molecule has 0 unspecified atom stereocenters. The summed E-state index contributed by atoms with van der Waals surface area (Å²) in [5.41, 5.74) is 1.06. The average molecular weight is 337 g/mol. The molecular formula is C19H23N5O. The van der Waals surface area contributed by atoms with Gasteiger partial charge in [-0.1, -0.05) is 30.3 Å². The largest absolute Gasteiger partial charge is 0.352 e. The molecule has 1 amide bonds. The summed E-state index contributed by atoms with van der Waals surface area (Å²) in [7, 11) is 0. The number of nitrogens with zero attached hydrogens (tertiary/aromatic N) is 4. The summed E-state index contributed by atoms with van der Waals surface area (Å²) in [6.07, 6.45) is 5.74. The Kier molecular flexibility index (Phi) is 4.61. The van der Waals surface area contributed by atoms with Crippen molar-refractivity contribution in [1.82, 2.24) is 20.2 Å². The second-order valence-corrected chi connectivity index (χ2v) is 6.67. The van der Waals surface area contributed by atoms with Crippen molar-refractivity contribution in [3.63, 3.8) is 0 Å². The van der Waals surface area contributed by atoms with Crippen LogP contribution < -0.4 is 10.2 Å². The summed E-state index contributed by atoms with van der Waals surface area (Å²) in [4.78, 5) is 26.0. The molecule has 0 spiro atoms. The molecule has 1 aliphatic heterocycles. The van der Waals surface area contributed by atoms with Crippen molar-refractivity contribution in [3.05, 3.63) is 54.4 Å². The number of nitrogens with one attached hydrogen (secondary N) is 1. The SMILES string of the molecule is O=C(NC1CC1)[C@@H](c1ccccc1)N1CCN(c2ncccn2)CC1. The zero-order valence-corrected chi connectivity index (χ0v) is 14.2. The number of piperazine rings is 1. The first-order valence-corrected chi connectivity index (χ1v) is 8.92. The highest BCUT2D eigenvalue weighted by Crippen LogP contribution is 2.26. The molecule has 2 fully saturated rings. The van der Waals surface area contributed by atoms with Gasteiger partial charge in [-0.3, -0.25) is 9.69 Å². The lowest BCUT2D eigenvalue weighted by Gasteiger charge is -2.38. The number of hydrogen-bond acceptors (Lipinski definition) is 5. The summed E-state index contributed by atoms with van der Waals surface area (Å²) in [5.74, 6) is 0.888. The Bertz CT molecular complexity index is 696. The molecule has 0 bridgehead atoms. The lowest BCUT2D eigenvalue weighted by atomic mass is 10.0. The molecular weight excluding hydrogens is 314 g/mol. The van der Waals surface area contributed by atoms with Crippen LogP contribution in [-0.4, -0.2) is 53.0 Å². The van der Waals surface area contributed by atoms with Crippen LogP contribution in [0.4, 0.5) is 5.95 Å². The normalized spacial score (nSPS) is 19.4. The molecule has 1 atom stereocenters. The highest BCUT2D eigenvalue weighted by molar-refractivity contribution is 5.83.